The van der Waals surface area contributed by atoms with Crippen LogP contribution in [-0.4, -0.2) is 29.1 Å². The Kier molecular flexibility index (Phi) is 5.75. The van der Waals surface area contributed by atoms with Crippen molar-refractivity contribution in [2.75, 3.05) is 0 Å². The van der Waals surface area contributed by atoms with Crippen LogP contribution in [0, 0.1) is 0 Å². The summed E-state index contributed by atoms with van der Waals surface area (Å²) < 4.78 is 5.66. The second-order valence-corrected chi connectivity index (χ2v) is 5.20. The molecule has 20 heavy (non-hydrogen) atoms. The van der Waals surface area contributed by atoms with Crippen LogP contribution in [0.4, 0.5) is 0 Å². The van der Waals surface area contributed by atoms with Crippen molar-refractivity contribution in [2.24, 2.45) is 0 Å². The van der Waals surface area contributed by atoms with Crippen LogP contribution in [0.1, 0.15) is 26.3 Å². The van der Waals surface area contributed by atoms with E-state index in [2.05, 4.69) is 5.32 Å². The first-order chi connectivity index (χ1) is 8.81. The van der Waals surface area contributed by atoms with E-state index in [1.54, 1.807) is 24.3 Å². The van der Waals surface area contributed by atoms with E-state index in [0.717, 1.165) is 11.3 Å². The molecule has 0 saturated heterocycles. The Balaban J connectivity index is 0.00000361. The van der Waals surface area contributed by atoms with Crippen molar-refractivity contribution in [1.82, 2.24) is 5.32 Å². The molecule has 0 radical (unpaired) electrons. The smallest absolute Gasteiger partial charge is 0.323 e. The molecular weight excluding hydrogens is 503 g/mol. The molecule has 1 amide bonds. The monoisotopic (exact) mass is 521 g/mol. The number of hydrogen-bond acceptors (Lipinski definition) is 3. The number of carbonyl (C=O) groups is 1. The van der Waals surface area contributed by atoms with Crippen LogP contribution in [0.25, 0.3) is 0 Å². The number of benzene rings is 1. The molecule has 0 aliphatic heterocycles. The third-order valence-corrected chi connectivity index (χ3v) is 2.32. The predicted octanol–water partition coefficient (Wildman–Crippen LogP) is 1.52. The minimum Gasteiger partial charge on any atom is -0.520 e. The molecule has 0 heterocycles. The molecule has 1 rings (SSSR count). The molecule has 1 aromatic rings. The van der Waals surface area contributed by atoms with Gasteiger partial charge in [-0.05, 0) is 38.5 Å². The number of carboxylic acids is 1. The summed E-state index contributed by atoms with van der Waals surface area (Å²) in [5.41, 5.74) is 0.524. The fourth-order valence-electron chi connectivity index (χ4n) is 1.55. The first kappa shape index (κ1) is 17.0. The normalized spacial score (nSPS) is 11.9. The van der Waals surface area contributed by atoms with Crippen molar-refractivity contribution < 1.29 is 19.4 Å². The number of carbonyl (C=O) groups excluding carboxylic acids is 1. The molecule has 0 aliphatic rings. The molecule has 5 nitrogen and oxygen atoms in total. The number of nitrogens with one attached hydrogen (secondary N) is 1. The summed E-state index contributed by atoms with van der Waals surface area (Å²) in [6, 6.07) is 6.16. The van der Waals surface area contributed by atoms with Gasteiger partial charge in [0.2, 0.25) is 0 Å². The maximum absolute atomic E-state index is 10.9. The number of rotatable bonds is 6. The zero-order valence-electron chi connectivity index (χ0n) is 11.6. The standard InChI is InChI=1S/C14H18NO4.Fm/c1-14(2,3)19-11-6-4-10(5-7-11)8-12(13(17)18)15-9-16;/h4-7,12H,8H2,1-3H3,(H,15,16)(H,17,18);/q-1;. The molecule has 0 bridgehead atoms. The Morgan fingerprint density at radius 2 is 1.90 bits per heavy atom. The second-order valence-electron chi connectivity index (χ2n) is 5.20. The third-order valence-electron chi connectivity index (χ3n) is 2.32. The van der Waals surface area contributed by atoms with Gasteiger partial charge < -0.3 is 20.0 Å². The molecule has 6 heteroatoms. The quantitative estimate of drug-likeness (QED) is 0.440. The number of aliphatic carboxylic acids is 1. The van der Waals surface area contributed by atoms with Crippen molar-refractivity contribution in [3.05, 3.63) is 29.8 Å². The van der Waals surface area contributed by atoms with Crippen LogP contribution in [-0.2, 0) is 16.0 Å². The zero-order valence-corrected chi connectivity index (χ0v) is 14.0. The van der Waals surface area contributed by atoms with Crippen LogP contribution in [0.15, 0.2) is 24.3 Å². The minimum atomic E-state index is -1.08. The van der Waals surface area contributed by atoms with E-state index in [1.165, 1.54) is 6.41 Å². The van der Waals surface area contributed by atoms with E-state index in [1.807, 2.05) is 20.8 Å². The Bertz CT molecular complexity index is 439. The topological polar surface area (TPSA) is 75.6 Å². The molecule has 1 unspecified atom stereocenters. The van der Waals surface area contributed by atoms with Gasteiger partial charge in [-0.2, -0.15) is 6.41 Å². The zero-order chi connectivity index (χ0) is 14.5. The molecule has 0 saturated carbocycles. The van der Waals surface area contributed by atoms with Gasteiger partial charge >= 0.3 is 5.97 Å². The van der Waals surface area contributed by atoms with Crippen molar-refractivity contribution in [3.63, 3.8) is 0 Å². The predicted molar refractivity (Wildman–Crippen MR) is 70.8 cm³/mol. The van der Waals surface area contributed by atoms with Crippen LogP contribution < -0.4 is 10.1 Å². The van der Waals surface area contributed by atoms with Crippen molar-refractivity contribution in [2.45, 2.75) is 38.8 Å². The van der Waals surface area contributed by atoms with E-state index >= 15 is 0 Å². The van der Waals surface area contributed by atoms with Gasteiger partial charge in [-0.3, -0.25) is 4.79 Å². The van der Waals surface area contributed by atoms with E-state index in [4.69, 9.17) is 9.84 Å². The summed E-state index contributed by atoms with van der Waals surface area (Å²) >= 11 is 0. The van der Waals surface area contributed by atoms with E-state index < -0.39 is 12.0 Å². The third kappa shape index (κ3) is 5.53. The SMILES string of the molecule is CC(C)(C)Oc1ccc(CC(N[C-]=O)C(=O)O)cc1.[Fm]. The van der Waals surface area contributed by atoms with Crippen LogP contribution >= 0.6 is 0 Å². The molecule has 1 atom stereocenters. The Morgan fingerprint density at radius 3 is 2.30 bits per heavy atom. The summed E-state index contributed by atoms with van der Waals surface area (Å²) in [7, 11) is 0. The summed E-state index contributed by atoms with van der Waals surface area (Å²) in [5.74, 6) is -0.364. The number of carboxylic acid groups (broad SMARTS) is 1. The first-order valence-electron chi connectivity index (χ1n) is 5.95. The van der Waals surface area contributed by atoms with Gasteiger partial charge in [-0.25, -0.2) is 0 Å². The fourth-order valence-corrected chi connectivity index (χ4v) is 1.55. The van der Waals surface area contributed by atoms with E-state index in [0.29, 0.717) is 0 Å². The molecule has 0 aliphatic carbocycles. The summed E-state index contributed by atoms with van der Waals surface area (Å²) in [6.45, 7) is 5.85. The number of hydrogen-bond donors (Lipinski definition) is 2. The molecule has 0 aromatic heterocycles. The first-order valence-corrected chi connectivity index (χ1v) is 5.95. The van der Waals surface area contributed by atoms with Crippen molar-refractivity contribution in [3.8, 4) is 5.75 Å². The average molecular weight is 521 g/mol. The Morgan fingerprint density at radius 1 is 1.35 bits per heavy atom. The summed E-state index contributed by atoms with van der Waals surface area (Å²) in [6.07, 6.45) is 1.62. The molecule has 116 valence electrons. The summed E-state index contributed by atoms with van der Waals surface area (Å²) in [5, 5.41) is 11.1. The fraction of sp³-hybridized carbons (Fsp3) is 0.429. The van der Waals surface area contributed by atoms with Gasteiger partial charge in [0.25, 0.3) is 0 Å². The van der Waals surface area contributed by atoms with Gasteiger partial charge in [0.1, 0.15) is 17.4 Å². The van der Waals surface area contributed by atoms with E-state index in [9.17, 15) is 9.59 Å². The van der Waals surface area contributed by atoms with Gasteiger partial charge in [-0.1, -0.05) is 12.1 Å². The second kappa shape index (κ2) is 6.78. The molecule has 2 N–H and O–H groups in total. The minimum absolute atomic E-state index is 0. The number of ether oxygens (including phenoxy) is 1. The van der Waals surface area contributed by atoms with E-state index in [-0.39, 0.29) is 12.0 Å². The van der Waals surface area contributed by atoms with Crippen molar-refractivity contribution in [1.29, 1.82) is 0 Å². The maximum atomic E-state index is 10.9. The maximum Gasteiger partial charge on any atom is 0.323 e. The van der Waals surface area contributed by atoms with Gasteiger partial charge in [-0.15, -0.1) is 0 Å². The Labute approximate surface area is 112 Å². The summed E-state index contributed by atoms with van der Waals surface area (Å²) in [4.78, 5) is 21.1. The average Bonchev–Trinajstić information content (AvgIpc) is 2.29. The van der Waals surface area contributed by atoms with Gasteiger partial charge in [0.15, 0.2) is 0 Å². The van der Waals surface area contributed by atoms with Gasteiger partial charge in [0.05, 0.1) is 0 Å². The van der Waals surface area contributed by atoms with Crippen LogP contribution in [0.3, 0.4) is 0 Å². The van der Waals surface area contributed by atoms with Crippen LogP contribution in [0.5, 0.6) is 5.75 Å². The Hall–Kier alpha value is -3.04. The molecule has 0 spiro atoms. The molecule has 0 fully saturated rings. The van der Waals surface area contributed by atoms with Gasteiger partial charge in [0, 0.05) is 6.42 Å². The molecule has 1 aromatic carbocycles. The van der Waals surface area contributed by atoms with Crippen LogP contribution in [0.2, 0.25) is 0 Å². The number of amides is 1. The molecular formula is C14H18FmNO4-. The van der Waals surface area contributed by atoms with Crippen molar-refractivity contribution >= 4 is 12.4 Å². The largest absolute Gasteiger partial charge is 0.520 e.